The molecule has 0 bridgehead atoms. The number of likely N-dealkylation sites (tertiary alicyclic amines) is 1. The minimum Gasteiger partial charge on any atom is -0.399 e. The van der Waals surface area contributed by atoms with E-state index >= 15 is 0 Å². The monoisotopic (exact) mass is 415 g/mol. The van der Waals surface area contributed by atoms with Crippen LogP contribution in [0.3, 0.4) is 0 Å². The van der Waals surface area contributed by atoms with Gasteiger partial charge in [0.15, 0.2) is 0 Å². The summed E-state index contributed by atoms with van der Waals surface area (Å²) in [6, 6.07) is 17.4. The summed E-state index contributed by atoms with van der Waals surface area (Å²) in [5.74, 6) is -0.0163. The van der Waals surface area contributed by atoms with E-state index in [2.05, 4.69) is 11.9 Å². The lowest BCUT2D eigenvalue weighted by Crippen LogP contribution is -2.64. The molecule has 4 N–H and O–H groups in total. The predicted molar refractivity (Wildman–Crippen MR) is 119 cm³/mol. The first-order valence-corrected chi connectivity index (χ1v) is 11.5. The molecule has 2 aromatic rings. The van der Waals surface area contributed by atoms with Gasteiger partial charge >= 0.3 is 0 Å². The van der Waals surface area contributed by atoms with Crippen molar-refractivity contribution in [1.29, 1.82) is 0 Å². The summed E-state index contributed by atoms with van der Waals surface area (Å²) < 4.78 is 16.3. The molecule has 4 atom stereocenters. The average molecular weight is 416 g/mol. The van der Waals surface area contributed by atoms with Crippen molar-refractivity contribution in [2.75, 3.05) is 19.1 Å². The van der Waals surface area contributed by atoms with Crippen molar-refractivity contribution >= 4 is 22.2 Å². The summed E-state index contributed by atoms with van der Waals surface area (Å²) in [5.41, 5.74) is 8.56. The van der Waals surface area contributed by atoms with Gasteiger partial charge in [0.25, 0.3) is 0 Å². The molecule has 0 radical (unpaired) electrons. The quantitative estimate of drug-likeness (QED) is 0.450. The zero-order valence-corrected chi connectivity index (χ0v) is 17.9. The Hall–Kier alpha value is -2.48. The first kappa shape index (κ1) is 21.2. The average Bonchev–Trinajstić information content (AvgIpc) is 2.70. The fourth-order valence-electron chi connectivity index (χ4n) is 3.72. The van der Waals surface area contributed by atoms with Crippen LogP contribution in [0.5, 0.6) is 0 Å². The molecule has 0 saturated carbocycles. The van der Waals surface area contributed by atoms with Gasteiger partial charge in [0, 0.05) is 18.0 Å². The maximum absolute atomic E-state index is 13.0. The van der Waals surface area contributed by atoms with Crippen molar-refractivity contribution in [2.24, 2.45) is 5.92 Å². The Kier molecular flexibility index (Phi) is 6.21. The van der Waals surface area contributed by atoms with Crippen molar-refractivity contribution < 1.29 is 13.5 Å². The molecule has 1 heterocycles. The van der Waals surface area contributed by atoms with E-state index in [1.807, 2.05) is 61.5 Å². The summed E-state index contributed by atoms with van der Waals surface area (Å²) in [6.07, 6.45) is 2.14. The number of carbonyl (C=O) groups excluding carboxylic acids is 1. The summed E-state index contributed by atoms with van der Waals surface area (Å²) in [7, 11) is -1.03. The molecule has 0 spiro atoms. The van der Waals surface area contributed by atoms with E-state index in [9.17, 15) is 9.35 Å². The van der Waals surface area contributed by atoms with Crippen LogP contribution in [0.25, 0.3) is 0 Å². The lowest BCUT2D eigenvalue weighted by atomic mass is 9.90. The van der Waals surface area contributed by atoms with Crippen LogP contribution in [0.1, 0.15) is 24.1 Å². The highest BCUT2D eigenvalue weighted by atomic mass is 32.3. The second-order valence-corrected chi connectivity index (χ2v) is 9.94. The van der Waals surface area contributed by atoms with E-state index in [4.69, 9.17) is 9.92 Å². The van der Waals surface area contributed by atoms with Crippen LogP contribution in [-0.2, 0) is 15.4 Å². The predicted octanol–water partition coefficient (Wildman–Crippen LogP) is 3.89. The molecule has 1 saturated heterocycles. The number of amides is 1. The van der Waals surface area contributed by atoms with Crippen LogP contribution in [0, 0.1) is 5.92 Å². The van der Waals surface area contributed by atoms with Crippen molar-refractivity contribution in [2.45, 2.75) is 24.8 Å². The van der Waals surface area contributed by atoms with Gasteiger partial charge in [-0.25, -0.2) is 0 Å². The number of nitrogens with two attached hydrogens (primary N) is 1. The molecule has 1 fully saturated rings. The highest BCUT2D eigenvalue weighted by Gasteiger charge is 2.54. The van der Waals surface area contributed by atoms with Crippen molar-refractivity contribution in [3.05, 3.63) is 78.1 Å². The number of carbonyl (C=O) groups is 1. The molecule has 1 unspecified atom stereocenters. The zero-order chi connectivity index (χ0) is 21.2. The topological polar surface area (TPSA) is 87.8 Å². The summed E-state index contributed by atoms with van der Waals surface area (Å²) in [4.78, 5) is 14.6. The van der Waals surface area contributed by atoms with E-state index in [-0.39, 0.29) is 11.9 Å². The van der Waals surface area contributed by atoms with E-state index < -0.39 is 21.9 Å². The van der Waals surface area contributed by atoms with Gasteiger partial charge in [-0.3, -0.25) is 18.4 Å². The zero-order valence-electron chi connectivity index (χ0n) is 17.0. The summed E-state index contributed by atoms with van der Waals surface area (Å²) in [5, 5.41) is 2.80. The number of anilines is 1. The number of hydrogen-bond acceptors (Lipinski definition) is 5. The largest absolute Gasteiger partial charge is 0.399 e. The molecule has 29 heavy (non-hydrogen) atoms. The third-order valence-electron chi connectivity index (χ3n) is 5.32. The number of nitrogen functional groups attached to an aromatic ring is 1. The maximum Gasteiger partial charge on any atom is 0.236 e. The van der Waals surface area contributed by atoms with Crippen molar-refractivity contribution in [3.63, 3.8) is 0 Å². The van der Waals surface area contributed by atoms with Gasteiger partial charge in [-0.2, -0.15) is 10.6 Å². The van der Waals surface area contributed by atoms with Crippen molar-refractivity contribution in [1.82, 2.24) is 10.2 Å². The lowest BCUT2D eigenvalue weighted by molar-refractivity contribution is -0.148. The number of nitrogens with one attached hydrogen (secondary N) is 1. The van der Waals surface area contributed by atoms with Crippen LogP contribution in [0.4, 0.5) is 5.69 Å². The summed E-state index contributed by atoms with van der Waals surface area (Å²) >= 11 is 0. The second-order valence-electron chi connectivity index (χ2n) is 7.41. The molecule has 156 valence electrons. The SMILES string of the molecule is C=C(N[C@H](C)c1ccccc1)N1C(=O)[C@H](Cc2cccc(N)c2)[C@H]1S(C)(O)OC. The molecule has 0 aliphatic carbocycles. The molecule has 1 aliphatic rings. The number of benzene rings is 2. The van der Waals surface area contributed by atoms with Gasteiger partial charge in [0.2, 0.25) is 5.91 Å². The third kappa shape index (κ3) is 4.42. The van der Waals surface area contributed by atoms with Crippen molar-refractivity contribution in [3.8, 4) is 0 Å². The molecular formula is C22H29N3O3S. The number of β-lactam (4-membered cyclic amide) rings is 1. The standard InChI is InChI=1S/C22H29N3O3S/c1-15(18-10-6-5-7-11-18)24-16(2)25-21(26)20(22(25)29(4,27)28-3)14-17-9-8-12-19(23)13-17/h5-13,15,20,22,24,27H,2,14,23H2,1,3-4H3/t15-,20+,22-/m1/s1. The Morgan fingerprint density at radius 2 is 2.00 bits per heavy atom. The Labute approximate surface area is 174 Å². The molecule has 6 nitrogen and oxygen atoms in total. The van der Waals surface area contributed by atoms with Crippen LogP contribution in [-0.4, -0.2) is 34.1 Å². The minimum absolute atomic E-state index is 0.0346. The summed E-state index contributed by atoms with van der Waals surface area (Å²) in [6.45, 7) is 6.07. The molecule has 3 rings (SSSR count). The third-order valence-corrected chi connectivity index (χ3v) is 7.43. The van der Waals surface area contributed by atoms with Gasteiger partial charge < -0.3 is 11.1 Å². The number of nitrogens with zero attached hydrogens (tertiary/aromatic N) is 1. The number of rotatable bonds is 8. The Balaban J connectivity index is 1.78. The van der Waals surface area contributed by atoms with Gasteiger partial charge in [0.1, 0.15) is 11.2 Å². The van der Waals surface area contributed by atoms with Gasteiger partial charge in [-0.05, 0) is 36.6 Å². The molecule has 0 aromatic heterocycles. The van der Waals surface area contributed by atoms with E-state index in [0.717, 1.165) is 11.1 Å². The minimum atomic E-state index is -2.50. The first-order chi connectivity index (χ1) is 13.7. The Bertz CT molecular complexity index is 888. The van der Waals surface area contributed by atoms with Crippen LogP contribution in [0.15, 0.2) is 67.0 Å². The molecule has 1 amide bonds. The smallest absolute Gasteiger partial charge is 0.236 e. The fourth-order valence-corrected chi connectivity index (χ4v) is 5.36. The second kappa shape index (κ2) is 8.49. The Morgan fingerprint density at radius 3 is 2.62 bits per heavy atom. The molecular weight excluding hydrogens is 386 g/mol. The number of hydrogen-bond donors (Lipinski definition) is 3. The van der Waals surface area contributed by atoms with E-state index in [1.54, 1.807) is 6.26 Å². The van der Waals surface area contributed by atoms with Gasteiger partial charge in [-0.1, -0.05) is 49.0 Å². The van der Waals surface area contributed by atoms with Crippen LogP contribution >= 0.6 is 10.6 Å². The molecule has 7 heteroatoms. The first-order valence-electron chi connectivity index (χ1n) is 9.47. The molecule has 2 aromatic carbocycles. The van der Waals surface area contributed by atoms with Gasteiger partial charge in [0.05, 0.1) is 13.0 Å². The normalized spacial score (nSPS) is 22.9. The van der Waals surface area contributed by atoms with E-state index in [0.29, 0.717) is 17.9 Å². The lowest BCUT2D eigenvalue weighted by Gasteiger charge is -2.56. The van der Waals surface area contributed by atoms with E-state index in [1.165, 1.54) is 12.0 Å². The highest BCUT2D eigenvalue weighted by molar-refractivity contribution is 8.25. The highest BCUT2D eigenvalue weighted by Crippen LogP contribution is 2.56. The van der Waals surface area contributed by atoms with Gasteiger partial charge in [-0.15, -0.1) is 0 Å². The fraction of sp³-hybridized carbons (Fsp3) is 0.318. The Morgan fingerprint density at radius 1 is 1.31 bits per heavy atom. The van der Waals surface area contributed by atoms with Crippen LogP contribution < -0.4 is 11.1 Å². The van der Waals surface area contributed by atoms with Crippen LogP contribution in [0.2, 0.25) is 0 Å². The maximum atomic E-state index is 13.0. The molecule has 1 aliphatic heterocycles.